The topological polar surface area (TPSA) is 46.5 Å². The van der Waals surface area contributed by atoms with Gasteiger partial charge in [0.2, 0.25) is 11.6 Å². The van der Waals surface area contributed by atoms with Gasteiger partial charge >= 0.3 is 5.97 Å². The van der Waals surface area contributed by atoms with Crippen LogP contribution in [0.1, 0.15) is 48.9 Å². The third-order valence-electron chi connectivity index (χ3n) is 3.93. The molecular formula is C15H16F4O3. The minimum Gasteiger partial charge on any atom is -0.504 e. The number of hydrogen-bond acceptors (Lipinski definition) is 3. The van der Waals surface area contributed by atoms with Crippen LogP contribution in [0.15, 0.2) is 0 Å². The number of carbonyl (C=O) groups excluding carboxylic acids is 1. The smallest absolute Gasteiger partial charge is 0.345 e. The lowest BCUT2D eigenvalue weighted by atomic mass is 9.87. The maximum Gasteiger partial charge on any atom is 0.345 e. The van der Waals surface area contributed by atoms with Crippen molar-refractivity contribution in [3.05, 3.63) is 28.8 Å². The Kier molecular flexibility index (Phi) is 5.26. The Bertz CT molecular complexity index is 539. The molecule has 0 heterocycles. The highest BCUT2D eigenvalue weighted by Crippen LogP contribution is 2.30. The molecule has 0 spiro atoms. The lowest BCUT2D eigenvalue weighted by molar-refractivity contribution is 0.0463. The van der Waals surface area contributed by atoms with Gasteiger partial charge in [-0.05, 0) is 12.3 Å². The summed E-state index contributed by atoms with van der Waals surface area (Å²) in [7, 11) is 0. The first-order valence-corrected chi connectivity index (χ1v) is 7.15. The Hall–Kier alpha value is -1.79. The maximum absolute atomic E-state index is 13.5. The third-order valence-corrected chi connectivity index (χ3v) is 3.93. The summed E-state index contributed by atoms with van der Waals surface area (Å²) in [5, 5.41) is 9.28. The van der Waals surface area contributed by atoms with Gasteiger partial charge in [-0.1, -0.05) is 32.1 Å². The molecule has 1 N–H and O–H groups in total. The Morgan fingerprint density at radius 2 is 1.59 bits per heavy atom. The van der Waals surface area contributed by atoms with E-state index in [-0.39, 0.29) is 6.61 Å². The SMILES string of the molecule is O=C(OCCC1CCCCC1)c1c(O)c(F)c(F)c(F)c1F. The van der Waals surface area contributed by atoms with Crippen molar-refractivity contribution in [2.45, 2.75) is 38.5 Å². The van der Waals surface area contributed by atoms with E-state index in [0.717, 1.165) is 25.7 Å². The Labute approximate surface area is 124 Å². The lowest BCUT2D eigenvalue weighted by Crippen LogP contribution is -2.15. The molecule has 7 heteroatoms. The highest BCUT2D eigenvalue weighted by molar-refractivity contribution is 5.92. The van der Waals surface area contributed by atoms with Crippen molar-refractivity contribution in [2.75, 3.05) is 6.61 Å². The summed E-state index contributed by atoms with van der Waals surface area (Å²) < 4.78 is 57.4. The summed E-state index contributed by atoms with van der Waals surface area (Å²) in [5.41, 5.74) is -1.32. The molecule has 2 rings (SSSR count). The average molecular weight is 320 g/mol. The van der Waals surface area contributed by atoms with Crippen LogP contribution in [0.4, 0.5) is 17.6 Å². The zero-order valence-corrected chi connectivity index (χ0v) is 11.8. The first kappa shape index (κ1) is 16.6. The molecule has 0 atom stereocenters. The van der Waals surface area contributed by atoms with E-state index in [1.54, 1.807) is 0 Å². The molecule has 0 bridgehead atoms. The predicted molar refractivity (Wildman–Crippen MR) is 69.4 cm³/mol. The monoisotopic (exact) mass is 320 g/mol. The molecule has 22 heavy (non-hydrogen) atoms. The summed E-state index contributed by atoms with van der Waals surface area (Å²) in [5.74, 6) is -10.9. The van der Waals surface area contributed by atoms with Crippen molar-refractivity contribution in [1.29, 1.82) is 0 Å². The Morgan fingerprint density at radius 3 is 2.23 bits per heavy atom. The van der Waals surface area contributed by atoms with E-state index in [1.165, 1.54) is 6.42 Å². The van der Waals surface area contributed by atoms with E-state index in [4.69, 9.17) is 4.74 Å². The van der Waals surface area contributed by atoms with Crippen LogP contribution in [0.3, 0.4) is 0 Å². The molecule has 0 radical (unpaired) electrons. The molecule has 1 aliphatic carbocycles. The molecule has 0 aromatic heterocycles. The normalized spacial score (nSPS) is 15.8. The van der Waals surface area contributed by atoms with Crippen LogP contribution >= 0.6 is 0 Å². The lowest BCUT2D eigenvalue weighted by Gasteiger charge is -2.21. The highest BCUT2D eigenvalue weighted by atomic mass is 19.2. The second-order valence-electron chi connectivity index (χ2n) is 5.41. The van der Waals surface area contributed by atoms with E-state index in [0.29, 0.717) is 12.3 Å². The van der Waals surface area contributed by atoms with Crippen molar-refractivity contribution in [3.63, 3.8) is 0 Å². The largest absolute Gasteiger partial charge is 0.504 e. The molecule has 0 aliphatic heterocycles. The quantitative estimate of drug-likeness (QED) is 0.394. The van der Waals surface area contributed by atoms with Gasteiger partial charge in [-0.3, -0.25) is 0 Å². The van der Waals surface area contributed by atoms with Crippen LogP contribution in [0, 0.1) is 29.2 Å². The van der Waals surface area contributed by atoms with E-state index in [1.807, 2.05) is 0 Å². The Morgan fingerprint density at radius 1 is 1.00 bits per heavy atom. The van der Waals surface area contributed by atoms with E-state index >= 15 is 0 Å². The number of carbonyl (C=O) groups is 1. The number of hydrogen-bond donors (Lipinski definition) is 1. The van der Waals surface area contributed by atoms with Gasteiger partial charge in [-0.15, -0.1) is 0 Å². The van der Waals surface area contributed by atoms with Gasteiger partial charge in [0.25, 0.3) is 0 Å². The molecule has 0 saturated heterocycles. The zero-order chi connectivity index (χ0) is 16.3. The van der Waals surface area contributed by atoms with Crippen molar-refractivity contribution in [3.8, 4) is 5.75 Å². The molecule has 3 nitrogen and oxygen atoms in total. The van der Waals surface area contributed by atoms with Crippen molar-refractivity contribution in [1.82, 2.24) is 0 Å². The van der Waals surface area contributed by atoms with Gasteiger partial charge in [-0.25, -0.2) is 18.0 Å². The van der Waals surface area contributed by atoms with Crippen LogP contribution in [0.5, 0.6) is 5.75 Å². The summed E-state index contributed by atoms with van der Waals surface area (Å²) in [6.07, 6.45) is 5.95. The summed E-state index contributed by atoms with van der Waals surface area (Å²) in [6, 6.07) is 0. The van der Waals surface area contributed by atoms with Gasteiger partial charge in [-0.2, -0.15) is 4.39 Å². The minimum absolute atomic E-state index is 0.0526. The summed E-state index contributed by atoms with van der Waals surface area (Å²) in [4.78, 5) is 11.7. The molecule has 122 valence electrons. The fourth-order valence-corrected chi connectivity index (χ4v) is 2.67. The molecule has 1 aromatic rings. The van der Waals surface area contributed by atoms with E-state index in [9.17, 15) is 27.5 Å². The predicted octanol–water partition coefficient (Wildman–Crippen LogP) is 4.08. The molecule has 1 fully saturated rings. The fraction of sp³-hybridized carbons (Fsp3) is 0.533. The first-order valence-electron chi connectivity index (χ1n) is 7.15. The van der Waals surface area contributed by atoms with Crippen LogP contribution in [0.2, 0.25) is 0 Å². The fourth-order valence-electron chi connectivity index (χ4n) is 2.67. The first-order chi connectivity index (χ1) is 10.4. The van der Waals surface area contributed by atoms with Crippen LogP contribution in [-0.2, 0) is 4.74 Å². The van der Waals surface area contributed by atoms with Crippen molar-refractivity contribution < 1.29 is 32.2 Å². The standard InChI is InChI=1S/C15H16F4O3/c16-10-9(14(20)13(19)12(18)11(10)17)15(21)22-7-6-8-4-2-1-3-5-8/h8,20H,1-7H2. The Balaban J connectivity index is 2.03. The number of ether oxygens (including phenoxy) is 1. The summed E-state index contributed by atoms with van der Waals surface area (Å²) >= 11 is 0. The van der Waals surface area contributed by atoms with Gasteiger partial charge < -0.3 is 9.84 Å². The number of halogens is 4. The zero-order valence-electron chi connectivity index (χ0n) is 11.8. The van der Waals surface area contributed by atoms with Crippen LogP contribution < -0.4 is 0 Å². The number of benzene rings is 1. The number of phenols is 1. The second kappa shape index (κ2) is 6.98. The van der Waals surface area contributed by atoms with Gasteiger partial charge in [0.15, 0.2) is 17.4 Å². The second-order valence-corrected chi connectivity index (χ2v) is 5.41. The van der Waals surface area contributed by atoms with Crippen molar-refractivity contribution >= 4 is 5.97 Å². The third kappa shape index (κ3) is 3.34. The molecule has 1 aromatic carbocycles. The van der Waals surface area contributed by atoms with Crippen LogP contribution in [0.25, 0.3) is 0 Å². The molecular weight excluding hydrogens is 304 g/mol. The number of rotatable bonds is 4. The molecule has 1 aliphatic rings. The van der Waals surface area contributed by atoms with Crippen LogP contribution in [-0.4, -0.2) is 17.7 Å². The van der Waals surface area contributed by atoms with E-state index in [2.05, 4.69) is 0 Å². The number of aromatic hydroxyl groups is 1. The molecule has 0 amide bonds. The number of phenolic OH excluding ortho intramolecular Hbond substituents is 1. The van der Waals surface area contributed by atoms with E-state index < -0.39 is 40.6 Å². The van der Waals surface area contributed by atoms with Crippen molar-refractivity contribution in [2.24, 2.45) is 5.92 Å². The van der Waals surface area contributed by atoms with Gasteiger partial charge in [0, 0.05) is 0 Å². The van der Waals surface area contributed by atoms with Gasteiger partial charge in [0.05, 0.1) is 6.61 Å². The minimum atomic E-state index is -2.17. The highest BCUT2D eigenvalue weighted by Gasteiger charge is 2.30. The van der Waals surface area contributed by atoms with Gasteiger partial charge in [0.1, 0.15) is 5.56 Å². The maximum atomic E-state index is 13.5. The average Bonchev–Trinajstić information content (AvgIpc) is 2.52. The molecule has 1 saturated carbocycles. The number of esters is 1. The summed E-state index contributed by atoms with van der Waals surface area (Å²) in [6.45, 7) is -0.0526. The molecule has 0 unspecified atom stereocenters.